The molecule has 1 amide bonds. The molecule has 0 spiro atoms. The van der Waals surface area contributed by atoms with Gasteiger partial charge in [0.25, 0.3) is 0 Å². The third-order valence-electron chi connectivity index (χ3n) is 4.14. The second-order valence-electron chi connectivity index (χ2n) is 5.87. The molecule has 0 saturated heterocycles. The number of carbonyl (C=O) groups is 2. The molecule has 0 radical (unpaired) electrons. The largest absolute Gasteiger partial charge is 0.481 e. The second kappa shape index (κ2) is 8.67. The number of amides is 1. The van der Waals surface area contributed by atoms with Crippen LogP contribution in [0.15, 0.2) is 12.1 Å². The van der Waals surface area contributed by atoms with Crippen LogP contribution < -0.4 is 10.1 Å². The van der Waals surface area contributed by atoms with Gasteiger partial charge in [-0.05, 0) is 31.4 Å². The van der Waals surface area contributed by atoms with Gasteiger partial charge in [-0.25, -0.2) is 0 Å². The van der Waals surface area contributed by atoms with E-state index in [1.54, 1.807) is 0 Å². The van der Waals surface area contributed by atoms with Crippen LogP contribution in [0.1, 0.15) is 31.2 Å². The Morgan fingerprint density at radius 3 is 2.60 bits per heavy atom. The first-order valence-corrected chi connectivity index (χ1v) is 8.46. The number of hydrogen-bond donors (Lipinski definition) is 2. The van der Waals surface area contributed by atoms with Gasteiger partial charge in [0, 0.05) is 23.0 Å². The van der Waals surface area contributed by atoms with Crippen LogP contribution in [0, 0.1) is 11.8 Å². The molecule has 1 saturated carbocycles. The fraction of sp³-hybridized carbons (Fsp3) is 0.500. The molecule has 2 atom stereocenters. The lowest BCUT2D eigenvalue weighted by atomic mass is 9.81. The third-order valence-corrected chi connectivity index (χ3v) is 4.64. The van der Waals surface area contributed by atoms with Gasteiger partial charge in [0.2, 0.25) is 5.91 Å². The highest BCUT2D eigenvalue weighted by molar-refractivity contribution is 6.35. The van der Waals surface area contributed by atoms with E-state index in [1.165, 1.54) is 12.1 Å². The number of hydrogen-bond acceptors (Lipinski definition) is 3. The summed E-state index contributed by atoms with van der Waals surface area (Å²) in [6.07, 6.45) is 2.05. The van der Waals surface area contributed by atoms with Crippen molar-refractivity contribution in [3.8, 4) is 5.75 Å². The maximum atomic E-state index is 12.5. The first kappa shape index (κ1) is 19.7. The number of carboxylic acids is 1. The van der Waals surface area contributed by atoms with Gasteiger partial charge in [-0.15, -0.1) is 0 Å². The van der Waals surface area contributed by atoms with E-state index in [0.717, 1.165) is 0 Å². The van der Waals surface area contributed by atoms with Gasteiger partial charge in [-0.1, -0.05) is 29.6 Å². The number of aliphatic carboxylic acids is 1. The molecule has 1 aromatic rings. The van der Waals surface area contributed by atoms with E-state index in [2.05, 4.69) is 10.1 Å². The fourth-order valence-electron chi connectivity index (χ4n) is 2.94. The molecule has 2 unspecified atom stereocenters. The van der Waals surface area contributed by atoms with Crippen molar-refractivity contribution in [1.29, 1.82) is 0 Å². The zero-order valence-corrected chi connectivity index (χ0v) is 14.6. The first-order valence-electron chi connectivity index (χ1n) is 7.71. The zero-order chi connectivity index (χ0) is 18.6. The SMILES string of the molecule is O=C(O)C1CCCC(C(=O)NCc2cc(Cl)cc(Cl)c2OC(F)F)C1. The van der Waals surface area contributed by atoms with Gasteiger partial charge in [0.15, 0.2) is 0 Å². The molecular formula is C16H17Cl2F2NO4. The maximum Gasteiger partial charge on any atom is 0.387 e. The molecule has 9 heteroatoms. The van der Waals surface area contributed by atoms with Crippen LogP contribution in [0.3, 0.4) is 0 Å². The molecule has 25 heavy (non-hydrogen) atoms. The number of ether oxygens (including phenoxy) is 1. The molecule has 138 valence electrons. The number of nitrogens with one attached hydrogen (secondary N) is 1. The number of carboxylic acid groups (broad SMARTS) is 1. The quantitative estimate of drug-likeness (QED) is 0.759. The van der Waals surface area contributed by atoms with E-state index in [9.17, 15) is 18.4 Å². The first-order chi connectivity index (χ1) is 11.8. The molecular weight excluding hydrogens is 379 g/mol. The summed E-state index contributed by atoms with van der Waals surface area (Å²) in [5.74, 6) is -2.45. The lowest BCUT2D eigenvalue weighted by molar-refractivity contribution is -0.144. The van der Waals surface area contributed by atoms with Gasteiger partial charge in [0.05, 0.1) is 10.9 Å². The molecule has 2 N–H and O–H groups in total. The number of rotatable bonds is 6. The van der Waals surface area contributed by atoms with Gasteiger partial charge in [-0.3, -0.25) is 9.59 Å². The smallest absolute Gasteiger partial charge is 0.387 e. The molecule has 1 aliphatic rings. The number of benzene rings is 1. The van der Waals surface area contributed by atoms with E-state index in [-0.39, 0.29) is 40.2 Å². The lowest BCUT2D eigenvalue weighted by Gasteiger charge is -2.25. The number of carbonyl (C=O) groups excluding carboxylic acids is 1. The Morgan fingerprint density at radius 2 is 1.96 bits per heavy atom. The van der Waals surface area contributed by atoms with E-state index in [4.69, 9.17) is 28.3 Å². The molecule has 2 rings (SSSR count). The van der Waals surface area contributed by atoms with Crippen LogP contribution in [-0.2, 0) is 16.1 Å². The van der Waals surface area contributed by atoms with Crippen molar-refractivity contribution in [1.82, 2.24) is 5.32 Å². The summed E-state index contributed by atoms with van der Waals surface area (Å²) in [5.41, 5.74) is 0.219. The summed E-state index contributed by atoms with van der Waals surface area (Å²) in [5, 5.41) is 11.8. The topological polar surface area (TPSA) is 75.6 Å². The van der Waals surface area contributed by atoms with Crippen molar-refractivity contribution in [3.63, 3.8) is 0 Å². The van der Waals surface area contributed by atoms with Crippen LogP contribution in [0.5, 0.6) is 5.75 Å². The minimum atomic E-state index is -3.07. The second-order valence-corrected chi connectivity index (χ2v) is 6.71. The number of alkyl halides is 2. The molecule has 1 aromatic carbocycles. The average Bonchev–Trinajstić information content (AvgIpc) is 2.55. The summed E-state index contributed by atoms with van der Waals surface area (Å²) < 4.78 is 29.5. The highest BCUT2D eigenvalue weighted by Gasteiger charge is 2.31. The Morgan fingerprint density at radius 1 is 1.28 bits per heavy atom. The van der Waals surface area contributed by atoms with Gasteiger partial charge < -0.3 is 15.2 Å². The average molecular weight is 396 g/mol. The minimum absolute atomic E-state index is 0.0827. The summed E-state index contributed by atoms with van der Waals surface area (Å²) in [6, 6.07) is 2.65. The Hall–Kier alpha value is -1.60. The highest BCUT2D eigenvalue weighted by atomic mass is 35.5. The molecule has 1 fully saturated rings. The molecule has 1 aliphatic carbocycles. The van der Waals surface area contributed by atoms with Crippen LogP contribution >= 0.6 is 23.2 Å². The van der Waals surface area contributed by atoms with Crippen LogP contribution in [0.2, 0.25) is 10.0 Å². The summed E-state index contributed by atoms with van der Waals surface area (Å²) in [6.45, 7) is -3.17. The summed E-state index contributed by atoms with van der Waals surface area (Å²) >= 11 is 11.7. The van der Waals surface area contributed by atoms with Crippen LogP contribution in [-0.4, -0.2) is 23.6 Å². The molecule has 0 aliphatic heterocycles. The van der Waals surface area contributed by atoms with Crippen molar-refractivity contribution in [2.75, 3.05) is 0 Å². The Kier molecular flexibility index (Phi) is 6.84. The Balaban J connectivity index is 2.05. The van der Waals surface area contributed by atoms with Gasteiger partial charge in [0.1, 0.15) is 5.75 Å². The standard InChI is InChI=1S/C16H17Cl2F2NO4/c17-11-5-10(13(12(18)6-11)25-16(19)20)7-21-14(22)8-2-1-3-9(4-8)15(23)24/h5-6,8-9,16H,1-4,7H2,(H,21,22)(H,23,24). The normalized spacial score (nSPS) is 20.4. The van der Waals surface area contributed by atoms with Crippen molar-refractivity contribution in [3.05, 3.63) is 27.7 Å². The molecule has 0 heterocycles. The zero-order valence-electron chi connectivity index (χ0n) is 13.1. The van der Waals surface area contributed by atoms with E-state index < -0.39 is 24.4 Å². The van der Waals surface area contributed by atoms with Crippen molar-refractivity contribution in [2.24, 2.45) is 11.8 Å². The van der Waals surface area contributed by atoms with Crippen molar-refractivity contribution >= 4 is 35.1 Å². The van der Waals surface area contributed by atoms with E-state index in [0.29, 0.717) is 19.3 Å². The predicted molar refractivity (Wildman–Crippen MR) is 88.0 cm³/mol. The highest BCUT2D eigenvalue weighted by Crippen LogP contribution is 2.34. The van der Waals surface area contributed by atoms with Crippen LogP contribution in [0.25, 0.3) is 0 Å². The van der Waals surface area contributed by atoms with E-state index in [1.807, 2.05) is 0 Å². The molecule has 0 aromatic heterocycles. The van der Waals surface area contributed by atoms with Crippen molar-refractivity contribution in [2.45, 2.75) is 38.8 Å². The number of halogens is 4. The molecule has 0 bridgehead atoms. The maximum absolute atomic E-state index is 12.5. The van der Waals surface area contributed by atoms with Crippen LogP contribution in [0.4, 0.5) is 8.78 Å². The monoisotopic (exact) mass is 395 g/mol. The predicted octanol–water partition coefficient (Wildman–Crippen LogP) is 4.10. The lowest BCUT2D eigenvalue weighted by Crippen LogP contribution is -2.35. The Bertz CT molecular complexity index is 657. The Labute approximate surface area is 153 Å². The van der Waals surface area contributed by atoms with E-state index >= 15 is 0 Å². The van der Waals surface area contributed by atoms with Gasteiger partial charge in [-0.2, -0.15) is 8.78 Å². The summed E-state index contributed by atoms with van der Waals surface area (Å²) in [4.78, 5) is 23.4. The molecule has 5 nitrogen and oxygen atoms in total. The van der Waals surface area contributed by atoms with Gasteiger partial charge >= 0.3 is 12.6 Å². The third kappa shape index (κ3) is 5.44. The summed E-state index contributed by atoms with van der Waals surface area (Å²) in [7, 11) is 0. The van der Waals surface area contributed by atoms with Crippen molar-refractivity contribution < 1.29 is 28.2 Å². The fourth-order valence-corrected chi connectivity index (χ4v) is 3.53. The minimum Gasteiger partial charge on any atom is -0.481 e.